The average Bonchev–Trinajstić information content (AvgIpc) is 3.06. The number of carbonyl (C=O) groups excluding carboxylic acids is 1. The van der Waals surface area contributed by atoms with E-state index in [1.807, 2.05) is 0 Å². The molecule has 1 saturated carbocycles. The quantitative estimate of drug-likeness (QED) is 0.840. The topological polar surface area (TPSA) is 63.2 Å². The van der Waals surface area contributed by atoms with Crippen LogP contribution in [0.15, 0.2) is 17.0 Å². The Hall–Kier alpha value is -0.490. The maximum absolute atomic E-state index is 12.1. The van der Waals surface area contributed by atoms with Crippen LogP contribution in [0.2, 0.25) is 10.0 Å². The Morgan fingerprint density at radius 2 is 1.95 bits per heavy atom. The van der Waals surface area contributed by atoms with Crippen LogP contribution in [-0.2, 0) is 9.05 Å². The summed E-state index contributed by atoms with van der Waals surface area (Å²) in [5.41, 5.74) is 0.130. The molecule has 8 heteroatoms. The lowest BCUT2D eigenvalue weighted by Gasteiger charge is -2.12. The van der Waals surface area contributed by atoms with Gasteiger partial charge in [0.05, 0.1) is 10.6 Å². The molecule has 1 N–H and O–H groups in total. The van der Waals surface area contributed by atoms with Crippen LogP contribution in [0.1, 0.15) is 30.1 Å². The molecule has 110 valence electrons. The van der Waals surface area contributed by atoms with Crippen LogP contribution in [0.5, 0.6) is 0 Å². The first kappa shape index (κ1) is 15.9. The van der Waals surface area contributed by atoms with Crippen molar-refractivity contribution in [2.45, 2.75) is 24.7 Å². The number of hydrogen-bond donors (Lipinski definition) is 1. The minimum Gasteiger partial charge on any atom is -0.351 e. The van der Waals surface area contributed by atoms with Crippen molar-refractivity contribution in [2.24, 2.45) is 5.41 Å². The third-order valence-electron chi connectivity index (χ3n) is 3.29. The van der Waals surface area contributed by atoms with Crippen LogP contribution < -0.4 is 5.32 Å². The monoisotopic (exact) mass is 355 g/mol. The summed E-state index contributed by atoms with van der Waals surface area (Å²) in [7, 11) is 1.20. The Balaban J connectivity index is 2.31. The van der Waals surface area contributed by atoms with Gasteiger partial charge in [0, 0.05) is 22.2 Å². The second-order valence-electron chi connectivity index (χ2n) is 5.20. The molecule has 0 bridgehead atoms. The fourth-order valence-electron chi connectivity index (χ4n) is 1.69. The van der Waals surface area contributed by atoms with Gasteiger partial charge in [0.15, 0.2) is 0 Å². The summed E-state index contributed by atoms with van der Waals surface area (Å²) >= 11 is 11.8. The number of benzene rings is 1. The highest BCUT2D eigenvalue weighted by Crippen LogP contribution is 2.44. The van der Waals surface area contributed by atoms with Crippen molar-refractivity contribution in [1.29, 1.82) is 0 Å². The number of carbonyl (C=O) groups is 1. The zero-order valence-electron chi connectivity index (χ0n) is 10.5. The van der Waals surface area contributed by atoms with Crippen molar-refractivity contribution in [1.82, 2.24) is 5.32 Å². The third kappa shape index (κ3) is 3.58. The average molecular weight is 357 g/mol. The molecule has 0 spiro atoms. The van der Waals surface area contributed by atoms with Crippen molar-refractivity contribution in [3.63, 3.8) is 0 Å². The van der Waals surface area contributed by atoms with Gasteiger partial charge in [-0.2, -0.15) is 0 Å². The summed E-state index contributed by atoms with van der Waals surface area (Å²) < 4.78 is 22.8. The predicted molar refractivity (Wildman–Crippen MR) is 79.2 cm³/mol. The Kier molecular flexibility index (Phi) is 4.27. The van der Waals surface area contributed by atoms with Crippen molar-refractivity contribution >= 4 is 48.8 Å². The zero-order chi connectivity index (χ0) is 15.1. The van der Waals surface area contributed by atoms with Gasteiger partial charge in [-0.25, -0.2) is 8.42 Å². The molecule has 20 heavy (non-hydrogen) atoms. The highest BCUT2D eigenvalue weighted by Gasteiger charge is 2.37. The second-order valence-corrected chi connectivity index (χ2v) is 8.55. The fraction of sp³-hybridized carbons (Fsp3) is 0.417. The van der Waals surface area contributed by atoms with Crippen molar-refractivity contribution in [3.05, 3.63) is 27.7 Å². The zero-order valence-corrected chi connectivity index (χ0v) is 13.6. The Morgan fingerprint density at radius 3 is 2.45 bits per heavy atom. The van der Waals surface area contributed by atoms with E-state index in [4.69, 9.17) is 33.9 Å². The molecule has 1 aromatic rings. The molecular formula is C12H12Cl3NO3S. The molecule has 0 heterocycles. The van der Waals surface area contributed by atoms with Crippen molar-refractivity contribution < 1.29 is 13.2 Å². The largest absolute Gasteiger partial charge is 0.351 e. The molecule has 4 nitrogen and oxygen atoms in total. The highest BCUT2D eigenvalue weighted by molar-refractivity contribution is 8.13. The molecule has 0 unspecified atom stereocenters. The number of hydrogen-bond acceptors (Lipinski definition) is 3. The highest BCUT2D eigenvalue weighted by atomic mass is 35.7. The van der Waals surface area contributed by atoms with E-state index in [2.05, 4.69) is 12.2 Å². The summed E-state index contributed by atoms with van der Waals surface area (Å²) in [4.78, 5) is 11.7. The number of halogens is 3. The molecule has 1 amide bonds. The van der Waals surface area contributed by atoms with Crippen LogP contribution in [0, 0.1) is 5.41 Å². The van der Waals surface area contributed by atoms with Crippen LogP contribution in [0.25, 0.3) is 0 Å². The summed E-state index contributed by atoms with van der Waals surface area (Å²) in [6.07, 6.45) is 2.11. The summed E-state index contributed by atoms with van der Waals surface area (Å²) in [6.45, 7) is 2.57. The molecule has 0 aliphatic heterocycles. The van der Waals surface area contributed by atoms with Crippen molar-refractivity contribution in [2.75, 3.05) is 6.54 Å². The first-order valence-electron chi connectivity index (χ1n) is 5.84. The Labute approximate surface area is 131 Å². The lowest BCUT2D eigenvalue weighted by Crippen LogP contribution is -2.29. The number of nitrogens with one attached hydrogen (secondary N) is 1. The van der Waals surface area contributed by atoms with Gasteiger partial charge in [0.1, 0.15) is 4.90 Å². The normalized spacial score (nSPS) is 16.8. The van der Waals surface area contributed by atoms with E-state index < -0.39 is 15.0 Å². The van der Waals surface area contributed by atoms with Gasteiger partial charge in [-0.1, -0.05) is 30.1 Å². The van der Waals surface area contributed by atoms with Crippen LogP contribution in [0.3, 0.4) is 0 Å². The van der Waals surface area contributed by atoms with E-state index in [-0.39, 0.29) is 25.9 Å². The van der Waals surface area contributed by atoms with Gasteiger partial charge in [-0.05, 0) is 30.4 Å². The standard InChI is InChI=1S/C12H12Cl3NO3S/c1-12(2-3-12)6-16-11(17)8-4-7(13)5-9(10(8)14)20(15,18)19/h4-5H,2-3,6H2,1H3,(H,16,17). The van der Waals surface area contributed by atoms with Crippen LogP contribution in [-0.4, -0.2) is 20.9 Å². The van der Waals surface area contributed by atoms with E-state index in [1.54, 1.807) is 0 Å². The number of rotatable bonds is 4. The molecule has 0 aromatic heterocycles. The smallest absolute Gasteiger partial charge is 0.262 e. The van der Waals surface area contributed by atoms with E-state index in [1.165, 1.54) is 6.07 Å². The molecule has 0 saturated heterocycles. The fourth-order valence-corrected chi connectivity index (χ4v) is 3.54. The third-order valence-corrected chi connectivity index (χ3v) is 5.37. The Morgan fingerprint density at radius 1 is 1.35 bits per heavy atom. The van der Waals surface area contributed by atoms with Gasteiger partial charge in [-0.3, -0.25) is 4.79 Å². The first-order valence-corrected chi connectivity index (χ1v) is 8.91. The van der Waals surface area contributed by atoms with E-state index in [9.17, 15) is 13.2 Å². The summed E-state index contributed by atoms with van der Waals surface area (Å²) in [5.74, 6) is -0.466. The maximum atomic E-state index is 12.1. The minimum atomic E-state index is -4.07. The molecule has 0 radical (unpaired) electrons. The summed E-state index contributed by atoms with van der Waals surface area (Å²) in [6, 6.07) is 2.44. The van der Waals surface area contributed by atoms with Gasteiger partial charge < -0.3 is 5.32 Å². The molecule has 1 aromatic carbocycles. The van der Waals surface area contributed by atoms with Gasteiger partial charge in [0.25, 0.3) is 15.0 Å². The predicted octanol–water partition coefficient (Wildman–Crippen LogP) is 3.45. The lowest BCUT2D eigenvalue weighted by atomic mass is 10.1. The molecule has 1 aliphatic rings. The van der Waals surface area contributed by atoms with Crippen LogP contribution in [0.4, 0.5) is 0 Å². The molecule has 0 atom stereocenters. The van der Waals surface area contributed by atoms with E-state index in [0.29, 0.717) is 6.54 Å². The number of amides is 1. The van der Waals surface area contributed by atoms with Gasteiger partial charge in [0.2, 0.25) is 0 Å². The minimum absolute atomic E-state index is 0.00245. The molecule has 2 rings (SSSR count). The SMILES string of the molecule is CC1(CNC(=O)c2cc(Cl)cc(S(=O)(=O)Cl)c2Cl)CC1. The van der Waals surface area contributed by atoms with Crippen LogP contribution >= 0.6 is 33.9 Å². The molecule has 1 aliphatic carbocycles. The molecule has 1 fully saturated rings. The van der Waals surface area contributed by atoms with Crippen molar-refractivity contribution in [3.8, 4) is 0 Å². The maximum Gasteiger partial charge on any atom is 0.262 e. The first-order chi connectivity index (χ1) is 9.12. The van der Waals surface area contributed by atoms with E-state index >= 15 is 0 Å². The lowest BCUT2D eigenvalue weighted by molar-refractivity contribution is 0.0946. The Bertz CT molecular complexity index is 669. The molecular weight excluding hydrogens is 345 g/mol. The summed E-state index contributed by atoms with van der Waals surface area (Å²) in [5, 5.41) is 2.59. The second kappa shape index (κ2) is 5.37. The van der Waals surface area contributed by atoms with E-state index in [0.717, 1.165) is 18.9 Å². The van der Waals surface area contributed by atoms with Gasteiger partial charge in [-0.15, -0.1) is 0 Å². The van der Waals surface area contributed by atoms with Gasteiger partial charge >= 0.3 is 0 Å².